The Bertz CT molecular complexity index is 925. The van der Waals surface area contributed by atoms with Crippen LogP contribution in [0, 0.1) is 0 Å². The zero-order valence-corrected chi connectivity index (χ0v) is 16.4. The van der Waals surface area contributed by atoms with Crippen LogP contribution < -0.4 is 15.0 Å². The number of anilines is 1. The van der Waals surface area contributed by atoms with E-state index >= 15 is 0 Å². The summed E-state index contributed by atoms with van der Waals surface area (Å²) >= 11 is 0. The Kier molecular flexibility index (Phi) is 6.17. The second-order valence-corrected chi connectivity index (χ2v) is 7.17. The van der Waals surface area contributed by atoms with E-state index in [4.69, 9.17) is 4.74 Å². The van der Waals surface area contributed by atoms with E-state index in [2.05, 4.69) is 34.6 Å². The lowest BCUT2D eigenvalue weighted by Gasteiger charge is -2.16. The molecule has 1 aliphatic heterocycles. The number of carbonyl (C=O) groups is 1. The number of carbonyl (C=O) groups excluding carboxylic acids is 1. The highest BCUT2D eigenvalue weighted by Gasteiger charge is 2.21. The van der Waals surface area contributed by atoms with E-state index < -0.39 is 0 Å². The predicted molar refractivity (Wildman–Crippen MR) is 114 cm³/mol. The first-order valence-corrected chi connectivity index (χ1v) is 9.99. The Hall–Kier alpha value is -3.18. The Balaban J connectivity index is 1.22. The largest absolute Gasteiger partial charge is 0.487 e. The third-order valence-corrected chi connectivity index (χ3v) is 5.02. The molecule has 1 aromatic heterocycles. The SMILES string of the molecule is O=C1CCCN1c1ccc(CNCc2ccc(OCc3ccccn3)cc2)cc1. The number of benzene rings is 2. The predicted octanol–water partition coefficient (Wildman–Crippen LogP) is 4.08. The van der Waals surface area contributed by atoms with Gasteiger partial charge in [0.2, 0.25) is 5.91 Å². The minimum atomic E-state index is 0.225. The summed E-state index contributed by atoms with van der Waals surface area (Å²) < 4.78 is 5.77. The van der Waals surface area contributed by atoms with E-state index in [-0.39, 0.29) is 5.91 Å². The molecule has 148 valence electrons. The summed E-state index contributed by atoms with van der Waals surface area (Å²) in [5.74, 6) is 1.06. The molecule has 1 saturated heterocycles. The van der Waals surface area contributed by atoms with E-state index in [0.717, 1.165) is 43.2 Å². The van der Waals surface area contributed by atoms with E-state index in [0.29, 0.717) is 13.0 Å². The van der Waals surface area contributed by atoms with Crippen molar-refractivity contribution in [3.8, 4) is 5.75 Å². The van der Waals surface area contributed by atoms with Crippen molar-refractivity contribution >= 4 is 11.6 Å². The summed E-state index contributed by atoms with van der Waals surface area (Å²) in [5.41, 5.74) is 4.32. The zero-order valence-electron chi connectivity index (χ0n) is 16.4. The van der Waals surface area contributed by atoms with Crippen molar-refractivity contribution in [3.05, 3.63) is 89.7 Å². The molecule has 0 spiro atoms. The molecule has 1 fully saturated rings. The van der Waals surface area contributed by atoms with Crippen molar-refractivity contribution < 1.29 is 9.53 Å². The molecule has 0 saturated carbocycles. The smallest absolute Gasteiger partial charge is 0.227 e. The van der Waals surface area contributed by atoms with Gasteiger partial charge in [-0.2, -0.15) is 0 Å². The molecule has 1 amide bonds. The maximum absolute atomic E-state index is 11.8. The molecule has 5 nitrogen and oxygen atoms in total. The number of nitrogens with one attached hydrogen (secondary N) is 1. The van der Waals surface area contributed by atoms with Gasteiger partial charge in [0.05, 0.1) is 5.69 Å². The van der Waals surface area contributed by atoms with Crippen molar-refractivity contribution in [2.24, 2.45) is 0 Å². The van der Waals surface area contributed by atoms with Gasteiger partial charge in [-0.15, -0.1) is 0 Å². The number of pyridine rings is 1. The van der Waals surface area contributed by atoms with Crippen LogP contribution in [0.4, 0.5) is 5.69 Å². The fourth-order valence-electron chi connectivity index (χ4n) is 3.41. The molecule has 1 N–H and O–H groups in total. The quantitative estimate of drug-likeness (QED) is 0.633. The summed E-state index contributed by atoms with van der Waals surface area (Å²) in [6, 6.07) is 22.2. The number of ether oxygens (including phenoxy) is 1. The standard InChI is InChI=1S/C24H25N3O2/c28-24-5-3-15-27(24)22-10-6-19(7-11-22)16-25-17-20-8-12-23(13-9-20)29-18-21-4-1-2-14-26-21/h1-2,4,6-14,25H,3,5,15-18H2. The molecule has 2 heterocycles. The van der Waals surface area contributed by atoms with Crippen LogP contribution in [-0.4, -0.2) is 17.4 Å². The van der Waals surface area contributed by atoms with Gasteiger partial charge in [-0.1, -0.05) is 30.3 Å². The highest BCUT2D eigenvalue weighted by molar-refractivity contribution is 5.95. The average Bonchev–Trinajstić information content (AvgIpc) is 3.20. The van der Waals surface area contributed by atoms with Crippen molar-refractivity contribution in [1.29, 1.82) is 0 Å². The zero-order chi connectivity index (χ0) is 19.9. The van der Waals surface area contributed by atoms with Crippen molar-refractivity contribution in [1.82, 2.24) is 10.3 Å². The second-order valence-electron chi connectivity index (χ2n) is 7.17. The first-order valence-electron chi connectivity index (χ1n) is 9.99. The number of rotatable bonds is 8. The van der Waals surface area contributed by atoms with Crippen LogP contribution in [-0.2, 0) is 24.5 Å². The number of aromatic nitrogens is 1. The highest BCUT2D eigenvalue weighted by Crippen LogP contribution is 2.21. The van der Waals surface area contributed by atoms with E-state index in [1.165, 1.54) is 11.1 Å². The normalized spacial score (nSPS) is 13.7. The molecule has 4 rings (SSSR count). The van der Waals surface area contributed by atoms with Gasteiger partial charge in [0.1, 0.15) is 12.4 Å². The molecule has 2 aromatic carbocycles. The molecular weight excluding hydrogens is 362 g/mol. The third-order valence-electron chi connectivity index (χ3n) is 5.02. The lowest BCUT2D eigenvalue weighted by Crippen LogP contribution is -2.23. The van der Waals surface area contributed by atoms with Crippen molar-refractivity contribution in [3.63, 3.8) is 0 Å². The fourth-order valence-corrected chi connectivity index (χ4v) is 3.41. The third kappa shape index (κ3) is 5.21. The molecule has 0 atom stereocenters. The van der Waals surface area contributed by atoms with Gasteiger partial charge in [-0.05, 0) is 53.9 Å². The second kappa shape index (κ2) is 9.34. The van der Waals surface area contributed by atoms with Crippen molar-refractivity contribution in [2.75, 3.05) is 11.4 Å². The summed E-state index contributed by atoms with van der Waals surface area (Å²) in [6.07, 6.45) is 3.39. The number of nitrogens with zero attached hydrogens (tertiary/aromatic N) is 2. The Morgan fingerprint density at radius 2 is 1.66 bits per heavy atom. The van der Waals surface area contributed by atoms with Crippen LogP contribution >= 0.6 is 0 Å². The first-order chi connectivity index (χ1) is 14.3. The number of hydrogen-bond donors (Lipinski definition) is 1. The van der Waals surface area contributed by atoms with E-state index in [1.54, 1.807) is 6.20 Å². The fraction of sp³-hybridized carbons (Fsp3) is 0.250. The van der Waals surface area contributed by atoms with Gasteiger partial charge in [0.25, 0.3) is 0 Å². The molecule has 1 aliphatic rings. The van der Waals surface area contributed by atoms with Crippen LogP contribution in [0.2, 0.25) is 0 Å². The number of amides is 1. The molecule has 29 heavy (non-hydrogen) atoms. The maximum atomic E-state index is 11.8. The van der Waals surface area contributed by atoms with E-state index in [1.807, 2.05) is 47.4 Å². The topological polar surface area (TPSA) is 54.5 Å². The van der Waals surface area contributed by atoms with Crippen LogP contribution in [0.15, 0.2) is 72.9 Å². The minimum Gasteiger partial charge on any atom is -0.487 e. The van der Waals surface area contributed by atoms with Gasteiger partial charge in [0.15, 0.2) is 0 Å². The summed E-state index contributed by atoms with van der Waals surface area (Å²) in [7, 11) is 0. The van der Waals surface area contributed by atoms with Crippen molar-refractivity contribution in [2.45, 2.75) is 32.5 Å². The monoisotopic (exact) mass is 387 g/mol. The first kappa shape index (κ1) is 19.2. The molecule has 0 bridgehead atoms. The minimum absolute atomic E-state index is 0.225. The van der Waals surface area contributed by atoms with E-state index in [9.17, 15) is 4.79 Å². The summed E-state index contributed by atoms with van der Waals surface area (Å²) in [6.45, 7) is 2.87. The van der Waals surface area contributed by atoms with Gasteiger partial charge in [-0.3, -0.25) is 9.78 Å². The molecule has 0 unspecified atom stereocenters. The highest BCUT2D eigenvalue weighted by atomic mass is 16.5. The summed E-state index contributed by atoms with van der Waals surface area (Å²) in [5, 5.41) is 3.46. The molecule has 3 aromatic rings. The Morgan fingerprint density at radius 3 is 2.28 bits per heavy atom. The molecule has 0 aliphatic carbocycles. The van der Waals surface area contributed by atoms with Gasteiger partial charge in [-0.25, -0.2) is 0 Å². The van der Waals surface area contributed by atoms with Gasteiger partial charge < -0.3 is 15.0 Å². The maximum Gasteiger partial charge on any atom is 0.227 e. The van der Waals surface area contributed by atoms with Gasteiger partial charge >= 0.3 is 0 Å². The van der Waals surface area contributed by atoms with Crippen LogP contribution in [0.5, 0.6) is 5.75 Å². The lowest BCUT2D eigenvalue weighted by molar-refractivity contribution is -0.117. The Morgan fingerprint density at radius 1 is 0.931 bits per heavy atom. The van der Waals surface area contributed by atoms with Crippen LogP contribution in [0.3, 0.4) is 0 Å². The Labute approximate surface area is 171 Å². The van der Waals surface area contributed by atoms with Gasteiger partial charge in [0, 0.05) is 37.9 Å². The van der Waals surface area contributed by atoms with Crippen LogP contribution in [0.1, 0.15) is 29.7 Å². The van der Waals surface area contributed by atoms with Crippen LogP contribution in [0.25, 0.3) is 0 Å². The molecular formula is C24H25N3O2. The lowest BCUT2D eigenvalue weighted by atomic mass is 10.1. The average molecular weight is 387 g/mol. The number of hydrogen-bond acceptors (Lipinski definition) is 4. The summed E-state index contributed by atoms with van der Waals surface area (Å²) in [4.78, 5) is 18.0. The molecule has 0 radical (unpaired) electrons. The molecule has 5 heteroatoms.